The van der Waals surface area contributed by atoms with Gasteiger partial charge in [-0.1, -0.05) is 22.3 Å². The molecule has 6 atom stereocenters. The molecular weight excluding hydrogens is 160 g/mol. The van der Waals surface area contributed by atoms with Crippen molar-refractivity contribution in [1.29, 1.82) is 0 Å². The summed E-state index contributed by atoms with van der Waals surface area (Å²) >= 11 is 0. The molecule has 3 fully saturated rings. The van der Waals surface area contributed by atoms with E-state index in [4.69, 9.17) is 4.74 Å². The second-order valence-corrected chi connectivity index (χ2v) is 5.63. The van der Waals surface area contributed by atoms with Crippen LogP contribution in [0.3, 0.4) is 0 Å². The van der Waals surface area contributed by atoms with Gasteiger partial charge in [0.25, 0.3) is 0 Å². The zero-order valence-corrected chi connectivity index (χ0v) is 7.29. The van der Waals surface area contributed by atoms with Crippen LogP contribution in [0.1, 0.15) is 12.8 Å². The number of hydrogen-bond donors (Lipinski definition) is 0. The molecule has 1 aliphatic heterocycles. The first-order valence-corrected chi connectivity index (χ1v) is 5.54. The predicted octanol–water partition coefficient (Wildman–Crippen LogP) is 1.66. The van der Waals surface area contributed by atoms with Crippen LogP contribution in [0.25, 0.3) is 0 Å². The average molecular weight is 170 g/mol. The van der Waals surface area contributed by atoms with Gasteiger partial charge in [-0.25, -0.2) is 0 Å². The Balaban J connectivity index is 1.64. The maximum atomic E-state index is 5.66. The minimum absolute atomic E-state index is 0.700. The molecule has 7 rings (SSSR count). The van der Waals surface area contributed by atoms with Crippen molar-refractivity contribution in [2.24, 2.45) is 23.7 Å². The molecule has 6 aliphatic carbocycles. The fourth-order valence-corrected chi connectivity index (χ4v) is 4.94. The van der Waals surface area contributed by atoms with E-state index in [9.17, 15) is 0 Å². The lowest BCUT2D eigenvalue weighted by Gasteiger charge is -2.36. The number of rotatable bonds is 0. The summed E-state index contributed by atoms with van der Waals surface area (Å²) in [7, 11) is 0. The van der Waals surface area contributed by atoms with Crippen LogP contribution in [-0.2, 0) is 4.74 Å². The van der Waals surface area contributed by atoms with Gasteiger partial charge in [0.2, 0.25) is 0 Å². The van der Waals surface area contributed by atoms with E-state index >= 15 is 0 Å². The predicted molar refractivity (Wildman–Crippen MR) is 45.9 cm³/mol. The van der Waals surface area contributed by atoms with Gasteiger partial charge in [0, 0.05) is 17.8 Å². The van der Waals surface area contributed by atoms with Crippen LogP contribution in [0, 0.1) is 23.7 Å². The second-order valence-electron chi connectivity index (χ2n) is 5.63. The summed E-state index contributed by atoms with van der Waals surface area (Å²) in [6.07, 6.45) is 4.21. The van der Waals surface area contributed by atoms with Crippen molar-refractivity contribution in [3.63, 3.8) is 0 Å². The Kier molecular flexibility index (Phi) is 0.488. The zero-order valence-electron chi connectivity index (χ0n) is 7.29. The maximum Gasteiger partial charge on any atom is 0.0914 e. The first-order chi connectivity index (χ1) is 6.45. The molecule has 4 bridgehead atoms. The van der Waals surface area contributed by atoms with Crippen LogP contribution >= 0.6 is 0 Å². The number of hydrogen-bond acceptors (Lipinski definition) is 1. The molecule has 2 saturated carbocycles. The Bertz CT molecular complexity index is 456. The third-order valence-corrected chi connectivity index (χ3v) is 5.46. The van der Waals surface area contributed by atoms with Crippen molar-refractivity contribution >= 4 is 0 Å². The topological polar surface area (TPSA) is 12.5 Å². The molecule has 0 aromatic rings. The fourth-order valence-electron chi connectivity index (χ4n) is 4.94. The molecule has 0 aromatic heterocycles. The Morgan fingerprint density at radius 1 is 1.00 bits per heavy atom. The van der Waals surface area contributed by atoms with Crippen molar-refractivity contribution in [1.82, 2.24) is 0 Å². The molecule has 6 unspecified atom stereocenters. The maximum absolute atomic E-state index is 5.66. The van der Waals surface area contributed by atoms with Gasteiger partial charge in [0.15, 0.2) is 0 Å². The fraction of sp³-hybridized carbons (Fsp3) is 0.667. The molecule has 64 valence electrons. The normalized spacial score (nSPS) is 66.5. The first-order valence-electron chi connectivity index (χ1n) is 5.54. The van der Waals surface area contributed by atoms with E-state index in [2.05, 4.69) is 0 Å². The first kappa shape index (κ1) is 5.35. The summed E-state index contributed by atoms with van der Waals surface area (Å²) in [4.78, 5) is 0. The van der Waals surface area contributed by atoms with Crippen LogP contribution in [0.5, 0.6) is 0 Å². The van der Waals surface area contributed by atoms with E-state index < -0.39 is 0 Å². The molecule has 0 N–H and O–H groups in total. The van der Waals surface area contributed by atoms with Crippen molar-refractivity contribution in [3.8, 4) is 0 Å². The molecule has 0 amide bonds. The van der Waals surface area contributed by atoms with E-state index in [0.29, 0.717) is 12.2 Å². The third-order valence-electron chi connectivity index (χ3n) is 5.46. The molecular formula is C12H10O. The number of ether oxygens (including phenoxy) is 1. The van der Waals surface area contributed by atoms with E-state index in [0.717, 1.165) is 23.7 Å². The lowest BCUT2D eigenvalue weighted by atomic mass is 9.67. The van der Waals surface area contributed by atoms with Crippen LogP contribution in [0.2, 0.25) is 0 Å². The monoisotopic (exact) mass is 170 g/mol. The Labute approximate surface area is 76.5 Å². The second kappa shape index (κ2) is 1.18. The summed E-state index contributed by atoms with van der Waals surface area (Å²) in [6, 6.07) is 0. The highest BCUT2D eigenvalue weighted by molar-refractivity contribution is 5.64. The van der Waals surface area contributed by atoms with Gasteiger partial charge in [-0.05, 0) is 18.8 Å². The molecule has 1 heteroatoms. The lowest BCUT2D eigenvalue weighted by Crippen LogP contribution is -2.34. The van der Waals surface area contributed by atoms with Crippen molar-refractivity contribution in [3.05, 3.63) is 22.3 Å². The standard InChI is InChI=1S/C12H10O/c1-3-2-5-7-6(4(1)3)8(5)10-9(7)11-12(10)13-11/h6-7,9-12H,1-2H2. The largest absolute Gasteiger partial charge is 0.369 e. The summed E-state index contributed by atoms with van der Waals surface area (Å²) in [5.41, 5.74) is 7.44. The van der Waals surface area contributed by atoms with Crippen LogP contribution in [-0.4, -0.2) is 12.2 Å². The Hall–Kier alpha value is -0.560. The average Bonchev–Trinajstić information content (AvgIpc) is 3.00. The van der Waals surface area contributed by atoms with Gasteiger partial charge >= 0.3 is 0 Å². The van der Waals surface area contributed by atoms with Gasteiger partial charge in [-0.15, -0.1) is 0 Å². The van der Waals surface area contributed by atoms with Crippen LogP contribution in [0.15, 0.2) is 22.3 Å². The minimum atomic E-state index is 0.700. The van der Waals surface area contributed by atoms with Crippen molar-refractivity contribution in [2.45, 2.75) is 25.0 Å². The smallest absolute Gasteiger partial charge is 0.0914 e. The van der Waals surface area contributed by atoms with Crippen LogP contribution in [0.4, 0.5) is 0 Å². The SMILES string of the molecule is C1C2=C1C1C3=C(C2)C1C1C2OC2C31. The minimum Gasteiger partial charge on any atom is -0.369 e. The van der Waals surface area contributed by atoms with Crippen LogP contribution < -0.4 is 0 Å². The zero-order chi connectivity index (χ0) is 7.89. The summed E-state index contributed by atoms with van der Waals surface area (Å²) < 4.78 is 5.66. The van der Waals surface area contributed by atoms with E-state index in [-0.39, 0.29) is 0 Å². The highest BCUT2D eigenvalue weighted by atomic mass is 16.6. The summed E-state index contributed by atoms with van der Waals surface area (Å²) in [5.74, 6) is 3.86. The van der Waals surface area contributed by atoms with Gasteiger partial charge in [-0.3, -0.25) is 0 Å². The van der Waals surface area contributed by atoms with E-state index in [1.54, 1.807) is 0 Å². The molecule has 7 aliphatic rings. The molecule has 13 heavy (non-hydrogen) atoms. The molecule has 0 spiro atoms. The van der Waals surface area contributed by atoms with E-state index in [1.165, 1.54) is 12.8 Å². The quantitative estimate of drug-likeness (QED) is 0.398. The Morgan fingerprint density at radius 3 is 2.77 bits per heavy atom. The lowest BCUT2D eigenvalue weighted by molar-refractivity contribution is 0.263. The number of epoxide rings is 1. The van der Waals surface area contributed by atoms with Crippen molar-refractivity contribution in [2.75, 3.05) is 0 Å². The molecule has 0 aromatic carbocycles. The van der Waals surface area contributed by atoms with Gasteiger partial charge in [0.05, 0.1) is 12.2 Å². The molecule has 1 heterocycles. The third kappa shape index (κ3) is 0.332. The molecule has 0 radical (unpaired) electrons. The van der Waals surface area contributed by atoms with Crippen molar-refractivity contribution < 1.29 is 4.74 Å². The van der Waals surface area contributed by atoms with E-state index in [1.807, 2.05) is 22.3 Å². The number of fused-ring (bicyclic) bond motifs is 1. The van der Waals surface area contributed by atoms with Gasteiger partial charge < -0.3 is 4.74 Å². The van der Waals surface area contributed by atoms with Gasteiger partial charge in [0.1, 0.15) is 0 Å². The molecule has 1 saturated heterocycles. The van der Waals surface area contributed by atoms with Gasteiger partial charge in [-0.2, -0.15) is 0 Å². The summed E-state index contributed by atoms with van der Waals surface area (Å²) in [5, 5.41) is 0. The highest BCUT2D eigenvalue weighted by Crippen LogP contribution is 2.79. The molecule has 1 nitrogen and oxygen atoms in total. The highest BCUT2D eigenvalue weighted by Gasteiger charge is 2.78. The summed E-state index contributed by atoms with van der Waals surface area (Å²) in [6.45, 7) is 0. The Morgan fingerprint density at radius 2 is 1.92 bits per heavy atom. The number of allylic oxidation sites excluding steroid dienone is 3.